The number of hydrogen-bond donors (Lipinski definition) is 1. The highest BCUT2D eigenvalue weighted by Gasteiger charge is 2.19. The molecule has 0 radical (unpaired) electrons. The molecular weight excluding hydrogens is 412 g/mol. The Morgan fingerprint density at radius 2 is 1.84 bits per heavy atom. The third kappa shape index (κ3) is 4.64. The number of ether oxygens (including phenoxy) is 3. The first-order valence-electron chi connectivity index (χ1n) is 9.97. The fourth-order valence-electron chi connectivity index (χ4n) is 3.38. The summed E-state index contributed by atoms with van der Waals surface area (Å²) in [6, 6.07) is 16.3. The van der Waals surface area contributed by atoms with Gasteiger partial charge in [-0.3, -0.25) is 9.59 Å². The number of carbonyl (C=O) groups excluding carboxylic acids is 3. The number of likely N-dealkylation sites (N-methyl/N-ethyl adjacent to an activating group) is 1. The molecule has 0 atom stereocenters. The van der Waals surface area contributed by atoms with Crippen LogP contribution in [0.5, 0.6) is 11.5 Å². The van der Waals surface area contributed by atoms with E-state index in [-0.39, 0.29) is 30.6 Å². The van der Waals surface area contributed by atoms with Crippen molar-refractivity contribution in [1.82, 2.24) is 4.90 Å². The van der Waals surface area contributed by atoms with E-state index in [1.54, 1.807) is 20.2 Å². The molecular formula is C24H22N2O6. The average Bonchev–Trinajstić information content (AvgIpc) is 2.81. The number of esters is 1. The van der Waals surface area contributed by atoms with Gasteiger partial charge >= 0.3 is 5.97 Å². The summed E-state index contributed by atoms with van der Waals surface area (Å²) in [7, 11) is 3.28. The van der Waals surface area contributed by atoms with E-state index in [2.05, 4.69) is 5.32 Å². The molecule has 2 amide bonds. The molecule has 1 aliphatic heterocycles. The molecule has 1 heterocycles. The first-order chi connectivity index (χ1) is 15.4. The van der Waals surface area contributed by atoms with Crippen molar-refractivity contribution in [3.63, 3.8) is 0 Å². The number of hydrogen-bond acceptors (Lipinski definition) is 6. The van der Waals surface area contributed by atoms with E-state index < -0.39 is 5.97 Å². The minimum absolute atomic E-state index is 0.114. The number of nitrogens with zero attached hydrogens (tertiary/aromatic N) is 1. The number of anilines is 1. The predicted octanol–water partition coefficient (Wildman–Crippen LogP) is 2.99. The predicted molar refractivity (Wildman–Crippen MR) is 118 cm³/mol. The molecule has 1 aliphatic rings. The summed E-state index contributed by atoms with van der Waals surface area (Å²) in [6.45, 7) is -0.114. The first-order valence-corrected chi connectivity index (χ1v) is 9.97. The van der Waals surface area contributed by atoms with Gasteiger partial charge in [0.25, 0.3) is 11.8 Å². The fraction of sp³-hybridized carbons (Fsp3) is 0.208. The molecule has 0 saturated carbocycles. The summed E-state index contributed by atoms with van der Waals surface area (Å²) in [4.78, 5) is 37.6. The third-order valence-electron chi connectivity index (χ3n) is 5.13. The van der Waals surface area contributed by atoms with Crippen LogP contribution in [0.15, 0.2) is 54.6 Å². The molecule has 0 spiro atoms. The van der Waals surface area contributed by atoms with Crippen LogP contribution in [-0.4, -0.2) is 50.1 Å². The van der Waals surface area contributed by atoms with Gasteiger partial charge in [-0.15, -0.1) is 0 Å². The summed E-state index contributed by atoms with van der Waals surface area (Å²) in [5, 5.41) is 4.74. The van der Waals surface area contributed by atoms with Crippen molar-refractivity contribution in [3.05, 3.63) is 65.7 Å². The van der Waals surface area contributed by atoms with Crippen LogP contribution in [0.4, 0.5) is 5.69 Å². The standard InChI is InChI=1S/C24H22N2O6/c1-26(12-15-3-4-17-10-19(30-2)7-5-16(17)9-15)23(28)14-32-24(29)18-6-8-20-21(11-18)31-13-22(27)25-20/h3-11H,12-14H2,1-2H3,(H,25,27). The zero-order valence-electron chi connectivity index (χ0n) is 17.7. The minimum Gasteiger partial charge on any atom is -0.497 e. The van der Waals surface area contributed by atoms with E-state index in [0.29, 0.717) is 18.0 Å². The van der Waals surface area contributed by atoms with Gasteiger partial charge in [0.15, 0.2) is 13.2 Å². The van der Waals surface area contributed by atoms with E-state index >= 15 is 0 Å². The molecule has 32 heavy (non-hydrogen) atoms. The van der Waals surface area contributed by atoms with Crippen LogP contribution in [0.3, 0.4) is 0 Å². The molecule has 4 rings (SSSR count). The number of nitrogens with one attached hydrogen (secondary N) is 1. The van der Waals surface area contributed by atoms with Gasteiger partial charge in [-0.2, -0.15) is 0 Å². The third-order valence-corrected chi connectivity index (χ3v) is 5.13. The molecule has 3 aromatic rings. The maximum atomic E-state index is 12.5. The van der Waals surface area contributed by atoms with Crippen LogP contribution >= 0.6 is 0 Å². The Balaban J connectivity index is 1.34. The number of amides is 2. The molecule has 0 fully saturated rings. The van der Waals surface area contributed by atoms with Gasteiger partial charge in [0, 0.05) is 13.6 Å². The molecule has 1 N–H and O–H groups in total. The van der Waals surface area contributed by atoms with Crippen LogP contribution in [0, 0.1) is 0 Å². The molecule has 3 aromatic carbocycles. The van der Waals surface area contributed by atoms with Crippen molar-refractivity contribution in [3.8, 4) is 11.5 Å². The monoisotopic (exact) mass is 434 g/mol. The normalized spacial score (nSPS) is 12.4. The summed E-state index contributed by atoms with van der Waals surface area (Å²) in [5.74, 6) is -0.0528. The number of benzene rings is 3. The Kier molecular flexibility index (Phi) is 5.93. The zero-order chi connectivity index (χ0) is 22.7. The second kappa shape index (κ2) is 8.97. The molecule has 0 saturated heterocycles. The number of rotatable bonds is 6. The van der Waals surface area contributed by atoms with Crippen molar-refractivity contribution in [2.45, 2.75) is 6.54 Å². The van der Waals surface area contributed by atoms with Crippen molar-refractivity contribution in [2.75, 3.05) is 32.7 Å². The van der Waals surface area contributed by atoms with Gasteiger partial charge in [0.2, 0.25) is 0 Å². The Morgan fingerprint density at radius 3 is 2.66 bits per heavy atom. The second-order valence-electron chi connectivity index (χ2n) is 7.42. The zero-order valence-corrected chi connectivity index (χ0v) is 17.7. The lowest BCUT2D eigenvalue weighted by Gasteiger charge is -2.19. The van der Waals surface area contributed by atoms with E-state index in [1.807, 2.05) is 36.4 Å². The molecule has 164 valence electrons. The summed E-state index contributed by atoms with van der Waals surface area (Å²) in [5.41, 5.74) is 1.68. The Hall–Kier alpha value is -4.07. The lowest BCUT2D eigenvalue weighted by molar-refractivity contribution is -0.133. The first kappa shape index (κ1) is 21.2. The molecule has 0 aliphatic carbocycles. The van der Waals surface area contributed by atoms with Gasteiger partial charge in [-0.25, -0.2) is 4.79 Å². The maximum absolute atomic E-state index is 12.5. The lowest BCUT2D eigenvalue weighted by atomic mass is 10.1. The van der Waals surface area contributed by atoms with E-state index in [4.69, 9.17) is 14.2 Å². The van der Waals surface area contributed by atoms with Crippen LogP contribution in [-0.2, 0) is 20.9 Å². The topological polar surface area (TPSA) is 94.2 Å². The highest BCUT2D eigenvalue weighted by atomic mass is 16.5. The van der Waals surface area contributed by atoms with Gasteiger partial charge in [0.1, 0.15) is 11.5 Å². The molecule has 0 aromatic heterocycles. The van der Waals surface area contributed by atoms with Crippen LogP contribution in [0.25, 0.3) is 10.8 Å². The van der Waals surface area contributed by atoms with Crippen molar-refractivity contribution < 1.29 is 28.6 Å². The van der Waals surface area contributed by atoms with Gasteiger partial charge in [-0.1, -0.05) is 18.2 Å². The van der Waals surface area contributed by atoms with E-state index in [9.17, 15) is 14.4 Å². The Morgan fingerprint density at radius 1 is 1.06 bits per heavy atom. The van der Waals surface area contributed by atoms with E-state index in [0.717, 1.165) is 22.1 Å². The largest absolute Gasteiger partial charge is 0.497 e. The SMILES string of the molecule is COc1ccc2cc(CN(C)C(=O)COC(=O)c3ccc4c(c3)OCC(=O)N4)ccc2c1. The van der Waals surface area contributed by atoms with Crippen molar-refractivity contribution in [2.24, 2.45) is 0 Å². The fourth-order valence-corrected chi connectivity index (χ4v) is 3.38. The van der Waals surface area contributed by atoms with Crippen LogP contribution < -0.4 is 14.8 Å². The average molecular weight is 434 g/mol. The van der Waals surface area contributed by atoms with Crippen molar-refractivity contribution in [1.29, 1.82) is 0 Å². The Labute approximate surface area is 184 Å². The van der Waals surface area contributed by atoms with Crippen molar-refractivity contribution >= 4 is 34.2 Å². The minimum atomic E-state index is -0.644. The summed E-state index contributed by atoms with van der Waals surface area (Å²) < 4.78 is 15.7. The quantitative estimate of drug-likeness (QED) is 0.600. The molecule has 8 nitrogen and oxygen atoms in total. The second-order valence-corrected chi connectivity index (χ2v) is 7.42. The van der Waals surface area contributed by atoms with Crippen LogP contribution in [0.1, 0.15) is 15.9 Å². The van der Waals surface area contributed by atoms with Gasteiger partial charge in [-0.05, 0) is 52.7 Å². The Bertz CT molecular complexity index is 1210. The van der Waals surface area contributed by atoms with Crippen LogP contribution in [0.2, 0.25) is 0 Å². The summed E-state index contributed by atoms with van der Waals surface area (Å²) >= 11 is 0. The smallest absolute Gasteiger partial charge is 0.338 e. The van der Waals surface area contributed by atoms with Gasteiger partial charge in [0.05, 0.1) is 18.4 Å². The molecule has 0 unspecified atom stereocenters. The molecule has 8 heteroatoms. The molecule has 0 bridgehead atoms. The number of fused-ring (bicyclic) bond motifs is 2. The lowest BCUT2D eigenvalue weighted by Crippen LogP contribution is -2.31. The summed E-state index contributed by atoms with van der Waals surface area (Å²) in [6.07, 6.45) is 0. The van der Waals surface area contributed by atoms with E-state index in [1.165, 1.54) is 17.0 Å². The number of methoxy groups -OCH3 is 1. The highest BCUT2D eigenvalue weighted by molar-refractivity contribution is 5.97. The highest BCUT2D eigenvalue weighted by Crippen LogP contribution is 2.28. The number of carbonyl (C=O) groups is 3. The van der Waals surface area contributed by atoms with Gasteiger partial charge < -0.3 is 24.4 Å². The maximum Gasteiger partial charge on any atom is 0.338 e.